The molecule has 0 saturated carbocycles. The van der Waals surface area contributed by atoms with E-state index in [1.54, 1.807) is 11.3 Å². The number of rotatable bonds is 6. The predicted molar refractivity (Wildman–Crippen MR) is 65.0 cm³/mol. The van der Waals surface area contributed by atoms with Gasteiger partial charge in [0.25, 0.3) is 0 Å². The number of halogens is 1. The van der Waals surface area contributed by atoms with Crippen LogP contribution in [0.1, 0.15) is 18.2 Å². The maximum atomic E-state index is 11.3. The van der Waals surface area contributed by atoms with E-state index in [4.69, 9.17) is 4.74 Å². The van der Waals surface area contributed by atoms with Crippen molar-refractivity contribution in [3.05, 3.63) is 20.8 Å². The van der Waals surface area contributed by atoms with Crippen LogP contribution in [0.25, 0.3) is 0 Å². The summed E-state index contributed by atoms with van der Waals surface area (Å²) >= 11 is 5.01. The van der Waals surface area contributed by atoms with Crippen molar-refractivity contribution in [2.45, 2.75) is 19.9 Å². The third kappa shape index (κ3) is 5.30. The zero-order valence-electron chi connectivity index (χ0n) is 8.59. The summed E-state index contributed by atoms with van der Waals surface area (Å²) in [5, 5.41) is 2.84. The van der Waals surface area contributed by atoms with Gasteiger partial charge in [-0.05, 0) is 35.0 Å². The average molecular weight is 292 g/mol. The number of carbonyl (C=O) groups excluding carboxylic acids is 1. The summed E-state index contributed by atoms with van der Waals surface area (Å²) in [6.07, 6.45) is 0.431. The molecule has 1 N–H and O–H groups in total. The quantitative estimate of drug-likeness (QED) is 0.818. The van der Waals surface area contributed by atoms with E-state index >= 15 is 0 Å². The molecule has 1 rings (SSSR count). The lowest BCUT2D eigenvalue weighted by atomic mass is 10.4. The summed E-state index contributed by atoms with van der Waals surface area (Å²) in [4.78, 5) is 12.4. The minimum Gasteiger partial charge on any atom is -0.381 e. The zero-order valence-corrected chi connectivity index (χ0v) is 11.0. The number of thiophene rings is 1. The summed E-state index contributed by atoms with van der Waals surface area (Å²) in [6.45, 7) is 3.67. The molecule has 0 fully saturated rings. The van der Waals surface area contributed by atoms with E-state index < -0.39 is 0 Å². The average Bonchev–Trinajstić information content (AvgIpc) is 2.62. The van der Waals surface area contributed by atoms with Crippen LogP contribution >= 0.6 is 27.3 Å². The largest absolute Gasteiger partial charge is 0.381 e. The first-order valence-corrected chi connectivity index (χ1v) is 6.42. The molecule has 1 amide bonds. The monoisotopic (exact) mass is 291 g/mol. The van der Waals surface area contributed by atoms with Crippen molar-refractivity contribution in [3.8, 4) is 0 Å². The highest BCUT2D eigenvalue weighted by atomic mass is 79.9. The third-order valence-corrected chi connectivity index (χ3v) is 3.39. The lowest BCUT2D eigenvalue weighted by Gasteiger charge is -2.03. The lowest BCUT2D eigenvalue weighted by molar-refractivity contribution is -0.122. The molecule has 84 valence electrons. The van der Waals surface area contributed by atoms with Gasteiger partial charge >= 0.3 is 0 Å². The molecule has 0 aliphatic heterocycles. The molecule has 0 saturated heterocycles. The number of nitrogens with one attached hydrogen (secondary N) is 1. The molecule has 0 atom stereocenters. The van der Waals surface area contributed by atoms with Gasteiger partial charge in [-0.2, -0.15) is 0 Å². The molecule has 0 spiro atoms. The third-order valence-electron chi connectivity index (χ3n) is 1.77. The fraction of sp³-hybridized carbons (Fsp3) is 0.500. The van der Waals surface area contributed by atoms with E-state index in [1.807, 2.05) is 19.1 Å². The summed E-state index contributed by atoms with van der Waals surface area (Å²) in [7, 11) is 0. The topological polar surface area (TPSA) is 38.3 Å². The summed E-state index contributed by atoms with van der Waals surface area (Å²) in [6, 6.07) is 3.98. The Labute approximate surface area is 102 Å². The van der Waals surface area contributed by atoms with Crippen molar-refractivity contribution in [1.29, 1.82) is 0 Å². The lowest BCUT2D eigenvalue weighted by Crippen LogP contribution is -2.23. The minimum atomic E-state index is 0.0352. The predicted octanol–water partition coefficient (Wildman–Crippen LogP) is 2.55. The SMILES string of the molecule is CCOCCC(=O)NCc1ccc(Br)s1. The molecule has 0 aliphatic rings. The van der Waals surface area contributed by atoms with Gasteiger partial charge in [-0.15, -0.1) is 11.3 Å². The van der Waals surface area contributed by atoms with Crippen LogP contribution in [0.2, 0.25) is 0 Å². The van der Waals surface area contributed by atoms with Gasteiger partial charge in [-0.3, -0.25) is 4.79 Å². The van der Waals surface area contributed by atoms with Gasteiger partial charge in [0, 0.05) is 17.9 Å². The van der Waals surface area contributed by atoms with Crippen molar-refractivity contribution in [3.63, 3.8) is 0 Å². The van der Waals surface area contributed by atoms with Crippen molar-refractivity contribution < 1.29 is 9.53 Å². The Balaban J connectivity index is 2.16. The highest BCUT2D eigenvalue weighted by molar-refractivity contribution is 9.11. The molecule has 1 aromatic heterocycles. The molecule has 0 unspecified atom stereocenters. The van der Waals surface area contributed by atoms with Crippen LogP contribution in [0.15, 0.2) is 15.9 Å². The Morgan fingerprint density at radius 2 is 2.40 bits per heavy atom. The van der Waals surface area contributed by atoms with Crippen molar-refractivity contribution in [2.75, 3.05) is 13.2 Å². The molecule has 1 aromatic rings. The van der Waals surface area contributed by atoms with Gasteiger partial charge in [0.1, 0.15) is 0 Å². The Hall–Kier alpha value is -0.390. The van der Waals surface area contributed by atoms with Crippen LogP contribution in [0.5, 0.6) is 0 Å². The molecule has 1 heterocycles. The number of hydrogen-bond donors (Lipinski definition) is 1. The van der Waals surface area contributed by atoms with Crippen molar-refractivity contribution in [1.82, 2.24) is 5.32 Å². The Kier molecular flexibility index (Phi) is 5.90. The van der Waals surface area contributed by atoms with Gasteiger partial charge < -0.3 is 10.1 Å². The van der Waals surface area contributed by atoms with E-state index in [9.17, 15) is 4.79 Å². The maximum Gasteiger partial charge on any atom is 0.222 e. The molecule has 0 aromatic carbocycles. The van der Waals surface area contributed by atoms with Crippen molar-refractivity contribution >= 4 is 33.2 Å². The van der Waals surface area contributed by atoms with Crippen LogP contribution in [-0.2, 0) is 16.1 Å². The van der Waals surface area contributed by atoms with Crippen LogP contribution in [0.4, 0.5) is 0 Å². The standard InChI is InChI=1S/C10H14BrNO2S/c1-2-14-6-5-10(13)12-7-8-3-4-9(11)15-8/h3-4H,2,5-7H2,1H3,(H,12,13). The fourth-order valence-corrected chi connectivity index (χ4v) is 2.45. The summed E-state index contributed by atoms with van der Waals surface area (Å²) in [5.74, 6) is 0.0352. The first-order valence-electron chi connectivity index (χ1n) is 4.81. The summed E-state index contributed by atoms with van der Waals surface area (Å²) in [5.41, 5.74) is 0. The molecule has 0 radical (unpaired) electrons. The van der Waals surface area contributed by atoms with Crippen LogP contribution in [-0.4, -0.2) is 19.1 Å². The van der Waals surface area contributed by atoms with E-state index in [0.717, 1.165) is 8.66 Å². The van der Waals surface area contributed by atoms with Crippen LogP contribution in [0, 0.1) is 0 Å². The van der Waals surface area contributed by atoms with Crippen LogP contribution in [0.3, 0.4) is 0 Å². The maximum absolute atomic E-state index is 11.3. The van der Waals surface area contributed by atoms with Gasteiger partial charge in [0.2, 0.25) is 5.91 Å². The zero-order chi connectivity index (χ0) is 11.1. The molecule has 0 aliphatic carbocycles. The number of amides is 1. The first kappa shape index (κ1) is 12.7. The van der Waals surface area contributed by atoms with E-state index in [2.05, 4.69) is 21.2 Å². The molecular weight excluding hydrogens is 278 g/mol. The fourth-order valence-electron chi connectivity index (χ4n) is 1.03. The number of ether oxygens (including phenoxy) is 1. The van der Waals surface area contributed by atoms with Gasteiger partial charge in [-0.1, -0.05) is 0 Å². The van der Waals surface area contributed by atoms with Gasteiger partial charge in [0.15, 0.2) is 0 Å². The Morgan fingerprint density at radius 1 is 1.60 bits per heavy atom. The molecule has 15 heavy (non-hydrogen) atoms. The molecule has 3 nitrogen and oxygen atoms in total. The first-order chi connectivity index (χ1) is 7.22. The normalized spacial score (nSPS) is 10.3. The van der Waals surface area contributed by atoms with Gasteiger partial charge in [0.05, 0.1) is 16.9 Å². The Morgan fingerprint density at radius 3 is 3.00 bits per heavy atom. The number of carbonyl (C=O) groups is 1. The Bertz CT molecular complexity index is 314. The number of hydrogen-bond acceptors (Lipinski definition) is 3. The summed E-state index contributed by atoms with van der Waals surface area (Å²) < 4.78 is 6.18. The van der Waals surface area contributed by atoms with E-state index in [0.29, 0.717) is 26.2 Å². The molecule has 0 bridgehead atoms. The smallest absolute Gasteiger partial charge is 0.222 e. The van der Waals surface area contributed by atoms with Crippen molar-refractivity contribution in [2.24, 2.45) is 0 Å². The van der Waals surface area contributed by atoms with E-state index in [1.165, 1.54) is 0 Å². The molecular formula is C10H14BrNO2S. The van der Waals surface area contributed by atoms with Crippen LogP contribution < -0.4 is 5.32 Å². The van der Waals surface area contributed by atoms with Gasteiger partial charge in [-0.25, -0.2) is 0 Å². The minimum absolute atomic E-state index is 0.0352. The second-order valence-electron chi connectivity index (χ2n) is 2.93. The second kappa shape index (κ2) is 6.98. The highest BCUT2D eigenvalue weighted by Gasteiger charge is 2.02. The van der Waals surface area contributed by atoms with E-state index in [-0.39, 0.29) is 5.91 Å². The second-order valence-corrected chi connectivity index (χ2v) is 5.48. The highest BCUT2D eigenvalue weighted by Crippen LogP contribution is 2.21. The molecule has 5 heteroatoms.